The molecular weight excluding hydrogens is 256 g/mol. The van der Waals surface area contributed by atoms with E-state index in [1.807, 2.05) is 6.92 Å². The van der Waals surface area contributed by atoms with Crippen LogP contribution in [0.4, 0.5) is 0 Å². The van der Waals surface area contributed by atoms with Gasteiger partial charge >= 0.3 is 5.97 Å². The molecule has 4 atom stereocenters. The van der Waals surface area contributed by atoms with E-state index in [9.17, 15) is 13.2 Å². The number of fused-ring (bicyclic) bond motifs is 2. The van der Waals surface area contributed by atoms with Gasteiger partial charge < -0.3 is 4.74 Å². The number of carbonyl (C=O) groups is 1. The summed E-state index contributed by atoms with van der Waals surface area (Å²) in [4.78, 5) is 11.0. The van der Waals surface area contributed by atoms with Crippen LogP contribution in [-0.2, 0) is 24.7 Å². The summed E-state index contributed by atoms with van der Waals surface area (Å²) in [5.41, 5.74) is -0.231. The van der Waals surface area contributed by atoms with Crippen LogP contribution in [0.25, 0.3) is 0 Å². The molecule has 0 saturated heterocycles. The Morgan fingerprint density at radius 3 is 2.61 bits per heavy atom. The smallest absolute Gasteiger partial charge is 0.302 e. The van der Waals surface area contributed by atoms with Crippen LogP contribution in [0.5, 0.6) is 0 Å². The standard InChI is InChI=1S/C12H20O5S/c1-8-10(17-18(14)15)11(3)4-5-12(8,6-11)7-16-9(2)13/h8,10,18H,4-7H2,1-3H3. The molecule has 0 aromatic carbocycles. The van der Waals surface area contributed by atoms with E-state index in [0.29, 0.717) is 6.61 Å². The van der Waals surface area contributed by atoms with Gasteiger partial charge in [-0.3, -0.25) is 8.98 Å². The molecule has 2 aliphatic carbocycles. The minimum absolute atomic E-state index is 0.0866. The molecule has 0 amide bonds. The number of hydrogen-bond donors (Lipinski definition) is 1. The Balaban J connectivity index is 2.18. The Hall–Kier alpha value is -0.620. The number of hydrogen-bond acceptors (Lipinski definition) is 5. The minimum Gasteiger partial charge on any atom is -0.465 e. The fourth-order valence-corrected chi connectivity index (χ4v) is 4.51. The third-order valence-corrected chi connectivity index (χ3v) is 5.22. The lowest BCUT2D eigenvalue weighted by Crippen LogP contribution is -2.40. The van der Waals surface area contributed by atoms with Crippen LogP contribution in [0.2, 0.25) is 0 Å². The highest BCUT2D eigenvalue weighted by Gasteiger charge is 2.63. The predicted octanol–water partition coefficient (Wildman–Crippen LogP) is 1.29. The van der Waals surface area contributed by atoms with Crippen molar-refractivity contribution in [2.75, 3.05) is 6.61 Å². The zero-order valence-electron chi connectivity index (χ0n) is 11.0. The molecule has 0 spiro atoms. The molecule has 2 bridgehead atoms. The highest BCUT2D eigenvalue weighted by atomic mass is 32.2. The van der Waals surface area contributed by atoms with E-state index < -0.39 is 11.0 Å². The van der Waals surface area contributed by atoms with Crippen molar-refractivity contribution in [3.05, 3.63) is 0 Å². The van der Waals surface area contributed by atoms with Crippen molar-refractivity contribution in [3.8, 4) is 0 Å². The van der Waals surface area contributed by atoms with E-state index in [1.54, 1.807) is 0 Å². The number of thiol groups is 1. The zero-order valence-corrected chi connectivity index (χ0v) is 11.9. The lowest BCUT2D eigenvalue weighted by molar-refractivity contribution is -0.146. The Bertz CT molecular complexity index is 424. The molecule has 0 aromatic rings. The van der Waals surface area contributed by atoms with Gasteiger partial charge in [-0.2, -0.15) is 0 Å². The molecule has 2 saturated carbocycles. The molecule has 2 aliphatic rings. The first-order valence-electron chi connectivity index (χ1n) is 6.24. The van der Waals surface area contributed by atoms with Crippen LogP contribution in [-0.4, -0.2) is 27.1 Å². The molecule has 4 unspecified atom stereocenters. The van der Waals surface area contributed by atoms with E-state index in [1.165, 1.54) is 6.92 Å². The summed E-state index contributed by atoms with van der Waals surface area (Å²) in [5.74, 6) is -0.201. The lowest BCUT2D eigenvalue weighted by atomic mass is 9.73. The van der Waals surface area contributed by atoms with E-state index >= 15 is 0 Å². The van der Waals surface area contributed by atoms with Crippen molar-refractivity contribution in [2.24, 2.45) is 16.7 Å². The lowest BCUT2D eigenvalue weighted by Gasteiger charge is -2.37. The van der Waals surface area contributed by atoms with Gasteiger partial charge in [-0.05, 0) is 30.6 Å². The quantitative estimate of drug-likeness (QED) is 0.619. The summed E-state index contributed by atoms with van der Waals surface area (Å²) in [6.07, 6.45) is 2.46. The third-order valence-electron chi connectivity index (χ3n) is 4.82. The average Bonchev–Trinajstić information content (AvgIpc) is 2.70. The molecule has 5 nitrogen and oxygen atoms in total. The largest absolute Gasteiger partial charge is 0.465 e. The molecule has 2 fully saturated rings. The van der Waals surface area contributed by atoms with Crippen molar-refractivity contribution >= 4 is 17.0 Å². The number of carbonyl (C=O) groups excluding carboxylic acids is 1. The summed E-state index contributed by atoms with van der Waals surface area (Å²) in [7, 11) is -2.83. The molecule has 0 radical (unpaired) electrons. The number of rotatable bonds is 4. The van der Waals surface area contributed by atoms with Crippen molar-refractivity contribution in [2.45, 2.75) is 46.1 Å². The highest BCUT2D eigenvalue weighted by Crippen LogP contribution is 2.65. The maximum Gasteiger partial charge on any atom is 0.302 e. The monoisotopic (exact) mass is 276 g/mol. The van der Waals surface area contributed by atoms with Gasteiger partial charge in [-0.1, -0.05) is 13.8 Å². The van der Waals surface area contributed by atoms with E-state index in [4.69, 9.17) is 8.92 Å². The van der Waals surface area contributed by atoms with Gasteiger partial charge in [0.2, 0.25) is 0 Å². The van der Waals surface area contributed by atoms with Crippen molar-refractivity contribution in [3.63, 3.8) is 0 Å². The van der Waals surface area contributed by atoms with Gasteiger partial charge in [0, 0.05) is 12.3 Å². The van der Waals surface area contributed by atoms with Crippen molar-refractivity contribution < 1.29 is 22.1 Å². The summed E-state index contributed by atoms with van der Waals surface area (Å²) in [6.45, 7) is 5.83. The van der Waals surface area contributed by atoms with Gasteiger partial charge in [-0.25, -0.2) is 8.42 Å². The van der Waals surface area contributed by atoms with Crippen LogP contribution >= 0.6 is 0 Å². The highest BCUT2D eigenvalue weighted by molar-refractivity contribution is 7.67. The van der Waals surface area contributed by atoms with Crippen LogP contribution in [0.3, 0.4) is 0 Å². The second kappa shape index (κ2) is 4.49. The zero-order chi connectivity index (χ0) is 13.6. The summed E-state index contributed by atoms with van der Waals surface area (Å²) < 4.78 is 31.9. The first kappa shape index (κ1) is 13.8. The summed E-state index contributed by atoms with van der Waals surface area (Å²) in [6, 6.07) is 0. The molecular formula is C12H20O5S. The topological polar surface area (TPSA) is 69.7 Å². The molecule has 0 aliphatic heterocycles. The molecule has 0 heterocycles. The van der Waals surface area contributed by atoms with Crippen LogP contribution in [0.15, 0.2) is 0 Å². The van der Waals surface area contributed by atoms with E-state index in [2.05, 4.69) is 6.92 Å². The SMILES string of the molecule is CC(=O)OCC12CCC(C)(C1)C(O[SH](=O)=O)C2C. The van der Waals surface area contributed by atoms with E-state index in [-0.39, 0.29) is 28.8 Å². The Kier molecular flexibility index (Phi) is 3.44. The van der Waals surface area contributed by atoms with Crippen LogP contribution in [0.1, 0.15) is 40.0 Å². The molecule has 0 N–H and O–H groups in total. The Labute approximate surface area is 109 Å². The van der Waals surface area contributed by atoms with Crippen molar-refractivity contribution in [1.82, 2.24) is 0 Å². The second-order valence-electron chi connectivity index (χ2n) is 6.01. The average molecular weight is 276 g/mol. The second-order valence-corrected chi connectivity index (χ2v) is 6.67. The Morgan fingerprint density at radius 1 is 1.39 bits per heavy atom. The summed E-state index contributed by atoms with van der Waals surface area (Å²) in [5, 5.41) is 0. The van der Waals surface area contributed by atoms with Gasteiger partial charge in [0.05, 0.1) is 12.7 Å². The Morgan fingerprint density at radius 2 is 2.06 bits per heavy atom. The molecule has 18 heavy (non-hydrogen) atoms. The van der Waals surface area contributed by atoms with E-state index in [0.717, 1.165) is 19.3 Å². The van der Waals surface area contributed by atoms with Crippen molar-refractivity contribution in [1.29, 1.82) is 0 Å². The maximum absolute atomic E-state index is 11.0. The molecule has 0 aromatic heterocycles. The van der Waals surface area contributed by atoms with Gasteiger partial charge in [-0.15, -0.1) is 0 Å². The molecule has 104 valence electrons. The fraction of sp³-hybridized carbons (Fsp3) is 0.917. The van der Waals surface area contributed by atoms with Crippen LogP contribution < -0.4 is 0 Å². The third kappa shape index (κ3) is 2.16. The van der Waals surface area contributed by atoms with Gasteiger partial charge in [0.1, 0.15) is 0 Å². The van der Waals surface area contributed by atoms with Gasteiger partial charge in [0.25, 0.3) is 11.0 Å². The first-order valence-corrected chi connectivity index (χ1v) is 7.33. The summed E-state index contributed by atoms with van der Waals surface area (Å²) >= 11 is 0. The maximum atomic E-state index is 11.0. The predicted molar refractivity (Wildman–Crippen MR) is 65.4 cm³/mol. The number of esters is 1. The molecule has 2 rings (SSSR count). The molecule has 6 heteroatoms. The normalized spacial score (nSPS) is 42.4. The van der Waals surface area contributed by atoms with Gasteiger partial charge in [0.15, 0.2) is 0 Å². The number of ether oxygens (including phenoxy) is 1. The first-order chi connectivity index (χ1) is 8.29. The fourth-order valence-electron chi connectivity index (χ4n) is 3.88. The minimum atomic E-state index is -2.83. The van der Waals surface area contributed by atoms with Crippen LogP contribution in [0, 0.1) is 16.7 Å².